The Labute approximate surface area is 118 Å². The van der Waals surface area contributed by atoms with E-state index in [1.165, 1.54) is 17.5 Å². The van der Waals surface area contributed by atoms with Crippen molar-refractivity contribution < 1.29 is 8.42 Å². The molecule has 0 amide bonds. The van der Waals surface area contributed by atoms with Crippen LogP contribution < -0.4 is 5.32 Å². The molecule has 1 fully saturated rings. The van der Waals surface area contributed by atoms with E-state index in [9.17, 15) is 8.42 Å². The molecular formula is C10H18ClN3O2S2. The Morgan fingerprint density at radius 2 is 2.06 bits per heavy atom. The third kappa shape index (κ3) is 3.21. The maximum atomic E-state index is 12.3. The Bertz CT molecular complexity index is 481. The highest BCUT2D eigenvalue weighted by atomic mass is 35.5. The van der Waals surface area contributed by atoms with E-state index in [4.69, 9.17) is 0 Å². The first kappa shape index (κ1) is 15.8. The van der Waals surface area contributed by atoms with Crippen molar-refractivity contribution in [1.29, 1.82) is 0 Å². The molecule has 0 spiro atoms. The zero-order valence-electron chi connectivity index (χ0n) is 10.4. The first-order chi connectivity index (χ1) is 8.04. The molecular weight excluding hydrogens is 294 g/mol. The van der Waals surface area contributed by atoms with Crippen molar-refractivity contribution in [2.24, 2.45) is 0 Å². The van der Waals surface area contributed by atoms with E-state index >= 15 is 0 Å². The highest BCUT2D eigenvalue weighted by Crippen LogP contribution is 2.24. The third-order valence-electron chi connectivity index (χ3n) is 3.06. The number of aromatic nitrogens is 1. The van der Waals surface area contributed by atoms with Gasteiger partial charge in [0.25, 0.3) is 10.0 Å². The lowest BCUT2D eigenvalue weighted by Gasteiger charge is -2.30. The fourth-order valence-corrected chi connectivity index (χ4v) is 4.71. The van der Waals surface area contributed by atoms with Crippen LogP contribution in [0.5, 0.6) is 0 Å². The molecule has 5 nitrogen and oxygen atoms in total. The quantitative estimate of drug-likeness (QED) is 0.912. The minimum atomic E-state index is -3.31. The summed E-state index contributed by atoms with van der Waals surface area (Å²) >= 11 is 1.24. The largest absolute Gasteiger partial charge is 0.317 e. The molecule has 2 heterocycles. The van der Waals surface area contributed by atoms with Crippen LogP contribution in [0.2, 0.25) is 0 Å². The van der Waals surface area contributed by atoms with Gasteiger partial charge < -0.3 is 5.32 Å². The van der Waals surface area contributed by atoms with Gasteiger partial charge in [0, 0.05) is 19.1 Å². The van der Waals surface area contributed by atoms with E-state index in [-0.39, 0.29) is 12.4 Å². The molecule has 1 N–H and O–H groups in total. The summed E-state index contributed by atoms with van der Waals surface area (Å²) in [5.74, 6) is 0. The molecule has 0 aliphatic carbocycles. The van der Waals surface area contributed by atoms with E-state index in [1.54, 1.807) is 4.31 Å². The molecule has 8 heteroatoms. The number of sulfonamides is 1. The van der Waals surface area contributed by atoms with Crippen molar-refractivity contribution >= 4 is 33.8 Å². The molecule has 0 unspecified atom stereocenters. The van der Waals surface area contributed by atoms with Crippen LogP contribution in [-0.2, 0) is 10.0 Å². The predicted octanol–water partition coefficient (Wildman–Crippen LogP) is 1.25. The number of aryl methyl sites for hydroxylation is 1. The zero-order chi connectivity index (χ0) is 12.5. The topological polar surface area (TPSA) is 62.3 Å². The summed E-state index contributed by atoms with van der Waals surface area (Å²) in [6.07, 6.45) is 3.19. The van der Waals surface area contributed by atoms with Crippen LogP contribution in [-0.4, -0.2) is 43.9 Å². The molecule has 1 aliphatic rings. The van der Waals surface area contributed by atoms with Crippen molar-refractivity contribution in [1.82, 2.24) is 14.6 Å². The molecule has 0 saturated carbocycles. The van der Waals surface area contributed by atoms with Crippen molar-refractivity contribution in [3.63, 3.8) is 0 Å². The highest BCUT2D eigenvalue weighted by molar-refractivity contribution is 7.91. The Hall–Kier alpha value is -0.210. The normalized spacial score (nSPS) is 18.6. The van der Waals surface area contributed by atoms with Crippen molar-refractivity contribution in [2.45, 2.75) is 30.0 Å². The maximum Gasteiger partial charge on any atom is 0.254 e. The van der Waals surface area contributed by atoms with Gasteiger partial charge in [-0.2, -0.15) is 4.31 Å². The zero-order valence-corrected chi connectivity index (χ0v) is 12.9. The maximum absolute atomic E-state index is 12.3. The minimum absolute atomic E-state index is 0. The lowest BCUT2D eigenvalue weighted by atomic mass is 10.1. The van der Waals surface area contributed by atoms with E-state index in [2.05, 4.69) is 10.3 Å². The third-order valence-corrected chi connectivity index (χ3v) is 6.30. The van der Waals surface area contributed by atoms with Crippen LogP contribution in [0.15, 0.2) is 10.4 Å². The van der Waals surface area contributed by atoms with Gasteiger partial charge in [0.15, 0.2) is 4.21 Å². The molecule has 0 aromatic carbocycles. The van der Waals surface area contributed by atoms with Gasteiger partial charge in [0.2, 0.25) is 0 Å². The summed E-state index contributed by atoms with van der Waals surface area (Å²) in [5, 5.41) is 3.97. The number of nitrogens with zero attached hydrogens (tertiary/aromatic N) is 2. The first-order valence-electron chi connectivity index (χ1n) is 5.64. The number of thiazole rings is 1. The number of halogens is 1. The Morgan fingerprint density at radius 1 is 1.44 bits per heavy atom. The summed E-state index contributed by atoms with van der Waals surface area (Å²) in [6, 6.07) is 0.435. The highest BCUT2D eigenvalue weighted by Gasteiger charge is 2.30. The fraction of sp³-hybridized carbons (Fsp3) is 0.700. The Morgan fingerprint density at radius 3 is 2.50 bits per heavy atom. The monoisotopic (exact) mass is 311 g/mol. The number of hydrogen-bond acceptors (Lipinski definition) is 5. The molecule has 1 aliphatic heterocycles. The van der Waals surface area contributed by atoms with Gasteiger partial charge >= 0.3 is 0 Å². The molecule has 1 aromatic rings. The smallest absolute Gasteiger partial charge is 0.254 e. The van der Waals surface area contributed by atoms with Crippen molar-refractivity contribution in [3.05, 3.63) is 11.2 Å². The van der Waals surface area contributed by atoms with Gasteiger partial charge in [-0.15, -0.1) is 23.7 Å². The molecule has 1 aromatic heterocycles. The molecule has 2 rings (SSSR count). The predicted molar refractivity (Wildman–Crippen MR) is 74.9 cm³/mol. The summed E-state index contributed by atoms with van der Waals surface area (Å²) in [6.45, 7) is 2.99. The van der Waals surface area contributed by atoms with Crippen molar-refractivity contribution in [3.8, 4) is 0 Å². The van der Waals surface area contributed by atoms with Crippen LogP contribution in [0.1, 0.15) is 17.8 Å². The Balaban J connectivity index is 0.00000162. The van der Waals surface area contributed by atoms with Gasteiger partial charge in [-0.1, -0.05) is 0 Å². The van der Waals surface area contributed by atoms with Crippen molar-refractivity contribution in [2.75, 3.05) is 20.1 Å². The second-order valence-electron chi connectivity index (χ2n) is 4.17. The molecule has 0 radical (unpaired) electrons. The second kappa shape index (κ2) is 6.29. The van der Waals surface area contributed by atoms with Gasteiger partial charge in [-0.3, -0.25) is 0 Å². The molecule has 18 heavy (non-hydrogen) atoms. The van der Waals surface area contributed by atoms with Crippen LogP contribution >= 0.6 is 23.7 Å². The van der Waals surface area contributed by atoms with E-state index < -0.39 is 10.0 Å². The minimum Gasteiger partial charge on any atom is -0.317 e. The number of hydrogen-bond donors (Lipinski definition) is 1. The molecule has 0 atom stereocenters. The van der Waals surface area contributed by atoms with E-state index in [1.807, 2.05) is 14.0 Å². The van der Waals surface area contributed by atoms with Gasteiger partial charge in [-0.25, -0.2) is 13.4 Å². The summed E-state index contributed by atoms with van der Waals surface area (Å²) in [4.78, 5) is 4.01. The van der Waals surface area contributed by atoms with Gasteiger partial charge in [0.1, 0.15) is 0 Å². The van der Waals surface area contributed by atoms with E-state index in [0.29, 0.717) is 23.3 Å². The number of nitrogens with one attached hydrogen (secondary N) is 1. The average Bonchev–Trinajstić information content (AvgIpc) is 2.77. The van der Waals surface area contributed by atoms with Crippen LogP contribution in [0.25, 0.3) is 0 Å². The molecule has 1 saturated heterocycles. The van der Waals surface area contributed by atoms with Crippen LogP contribution in [0.3, 0.4) is 0 Å². The van der Waals surface area contributed by atoms with Crippen LogP contribution in [0.4, 0.5) is 0 Å². The lowest BCUT2D eigenvalue weighted by Crippen LogP contribution is -2.43. The Kier molecular flexibility index (Phi) is 5.54. The number of rotatable bonds is 3. The van der Waals surface area contributed by atoms with Crippen LogP contribution in [0, 0.1) is 6.92 Å². The second-order valence-corrected chi connectivity index (χ2v) is 7.56. The average molecular weight is 312 g/mol. The summed E-state index contributed by atoms with van der Waals surface area (Å²) < 4.78 is 26.5. The lowest BCUT2D eigenvalue weighted by molar-refractivity contribution is 0.299. The molecule has 0 bridgehead atoms. The summed E-state index contributed by atoms with van der Waals surface area (Å²) in [5.41, 5.74) is 0. The summed E-state index contributed by atoms with van der Waals surface area (Å²) in [7, 11) is -1.39. The van der Waals surface area contributed by atoms with Gasteiger partial charge in [0.05, 0.1) is 11.2 Å². The number of piperidine rings is 1. The standard InChI is InChI=1S/C10H17N3O2S2.ClH/c1-8-12-7-10(16-8)17(14,15)13-5-3-9(11-2)4-6-13;/h7,9,11H,3-6H2,1-2H3;1H. The van der Waals surface area contributed by atoms with Gasteiger partial charge in [-0.05, 0) is 26.8 Å². The SMILES string of the molecule is CNC1CCN(S(=O)(=O)c2cnc(C)s2)CC1.Cl. The first-order valence-corrected chi connectivity index (χ1v) is 7.89. The molecule has 104 valence electrons. The fourth-order valence-electron chi connectivity index (χ4n) is 1.97. The van der Waals surface area contributed by atoms with E-state index in [0.717, 1.165) is 17.8 Å².